The van der Waals surface area contributed by atoms with Crippen LogP contribution in [0.15, 0.2) is 71.0 Å². The summed E-state index contributed by atoms with van der Waals surface area (Å²) in [5.41, 5.74) is 0.407. The Balaban J connectivity index is 1.63. The van der Waals surface area contributed by atoms with Crippen LogP contribution in [-0.2, 0) is 24.5 Å². The summed E-state index contributed by atoms with van der Waals surface area (Å²) in [5, 5.41) is -0.0303. The first-order valence-corrected chi connectivity index (χ1v) is 16.7. The second kappa shape index (κ2) is 12.3. The highest BCUT2D eigenvalue weighted by molar-refractivity contribution is 7.91. The molecule has 2 aromatic heterocycles. The van der Waals surface area contributed by atoms with Crippen LogP contribution in [0.4, 0.5) is 0 Å². The van der Waals surface area contributed by atoms with Crippen molar-refractivity contribution >= 4 is 48.7 Å². The maximum absolute atomic E-state index is 13.8. The number of ether oxygens (including phenoxy) is 2. The van der Waals surface area contributed by atoms with E-state index in [1.165, 1.54) is 61.2 Å². The van der Waals surface area contributed by atoms with Crippen molar-refractivity contribution in [1.82, 2.24) is 19.9 Å². The molecule has 0 aliphatic carbocycles. The van der Waals surface area contributed by atoms with Crippen molar-refractivity contribution in [3.63, 3.8) is 0 Å². The molecule has 0 amide bonds. The van der Waals surface area contributed by atoms with Gasteiger partial charge in [0.1, 0.15) is 40.2 Å². The number of aromatic nitrogens is 4. The van der Waals surface area contributed by atoms with Crippen molar-refractivity contribution in [2.75, 3.05) is 12.5 Å². The highest BCUT2D eigenvalue weighted by Gasteiger charge is 2.32. The van der Waals surface area contributed by atoms with Gasteiger partial charge in [-0.1, -0.05) is 37.0 Å². The first-order valence-electron chi connectivity index (χ1n) is 12.2. The molecule has 0 aliphatic heterocycles. The minimum Gasteiger partial charge on any atom is -0.439 e. The molecule has 0 N–H and O–H groups in total. The second-order valence-corrected chi connectivity index (χ2v) is 14.1. The molecule has 220 valence electrons. The van der Waals surface area contributed by atoms with Crippen LogP contribution in [0.1, 0.15) is 36.8 Å². The first kappa shape index (κ1) is 31.3. The van der Waals surface area contributed by atoms with Crippen LogP contribution >= 0.6 is 23.2 Å². The van der Waals surface area contributed by atoms with E-state index >= 15 is 0 Å². The van der Waals surface area contributed by atoms with Crippen molar-refractivity contribution in [1.29, 1.82) is 0 Å². The van der Waals surface area contributed by atoms with Crippen molar-refractivity contribution in [2.45, 2.75) is 35.5 Å². The van der Waals surface area contributed by atoms with Crippen molar-refractivity contribution in [3.05, 3.63) is 82.6 Å². The molecule has 0 saturated carbocycles. The number of Topliss-reactive ketones (excluding diaryl/α,β-unsaturated/α-hetero) is 1. The minimum absolute atomic E-state index is 0.00741. The van der Waals surface area contributed by atoms with Gasteiger partial charge in [-0.15, -0.1) is 0 Å². The van der Waals surface area contributed by atoms with Gasteiger partial charge in [-0.2, -0.15) is 0 Å². The molecule has 2 unspecified atom stereocenters. The number of halogens is 2. The number of sulfone groups is 2. The molecule has 2 aromatic carbocycles. The lowest BCUT2D eigenvalue weighted by Gasteiger charge is -2.21. The van der Waals surface area contributed by atoms with Crippen molar-refractivity contribution in [2.24, 2.45) is 0 Å². The molecule has 2 heterocycles. The van der Waals surface area contributed by atoms with E-state index in [9.17, 15) is 21.6 Å². The number of ketones is 1. The van der Waals surface area contributed by atoms with E-state index in [1.54, 1.807) is 13.8 Å². The molecule has 0 bridgehead atoms. The van der Waals surface area contributed by atoms with E-state index in [-0.39, 0.29) is 60.3 Å². The molecule has 4 aromatic rings. The number of hydrogen-bond donors (Lipinski definition) is 0. The standard InChI is InChI=1S/C27H24Cl2N4O7S2/c1-15(21-24(28)30-13-32-26(21)39-17-5-9-19(10-6-17)41(3,35)36)23(34)16(2)22-25(29)31-14-33-27(22)40-18-7-11-20(12-8-18)42(4,37)38/h5-16H,1-4H3. The average molecular weight is 652 g/mol. The highest BCUT2D eigenvalue weighted by atomic mass is 35.5. The van der Waals surface area contributed by atoms with Gasteiger partial charge >= 0.3 is 0 Å². The zero-order chi connectivity index (χ0) is 30.8. The van der Waals surface area contributed by atoms with Crippen molar-refractivity contribution < 1.29 is 31.1 Å². The average Bonchev–Trinajstić information content (AvgIpc) is 2.92. The summed E-state index contributed by atoms with van der Waals surface area (Å²) in [5.74, 6) is -1.63. The van der Waals surface area contributed by atoms with E-state index in [0.717, 1.165) is 12.5 Å². The van der Waals surface area contributed by atoms with Crippen LogP contribution < -0.4 is 9.47 Å². The third kappa shape index (κ3) is 7.04. The second-order valence-electron chi connectivity index (χ2n) is 9.30. The normalized spacial score (nSPS) is 13.3. The van der Waals surface area contributed by atoms with E-state index in [4.69, 9.17) is 32.7 Å². The zero-order valence-electron chi connectivity index (χ0n) is 22.6. The molecular weight excluding hydrogens is 627 g/mol. The van der Waals surface area contributed by atoms with Gasteiger partial charge in [0.05, 0.1) is 20.9 Å². The molecule has 0 saturated heterocycles. The van der Waals surface area contributed by atoms with E-state index in [2.05, 4.69) is 19.9 Å². The predicted molar refractivity (Wildman–Crippen MR) is 155 cm³/mol. The number of carbonyl (C=O) groups is 1. The van der Waals surface area contributed by atoms with Gasteiger partial charge in [0.15, 0.2) is 19.7 Å². The molecule has 15 heteroatoms. The number of rotatable bonds is 10. The fraction of sp³-hybridized carbons (Fsp3) is 0.222. The van der Waals surface area contributed by atoms with Crippen LogP contribution in [0.2, 0.25) is 10.3 Å². The van der Waals surface area contributed by atoms with Crippen LogP contribution in [0.25, 0.3) is 0 Å². The summed E-state index contributed by atoms with van der Waals surface area (Å²) >= 11 is 12.8. The van der Waals surface area contributed by atoms with Gasteiger partial charge in [0.2, 0.25) is 11.8 Å². The van der Waals surface area contributed by atoms with Crippen LogP contribution in [0.5, 0.6) is 23.3 Å². The fourth-order valence-electron chi connectivity index (χ4n) is 4.00. The van der Waals surface area contributed by atoms with Crippen molar-refractivity contribution in [3.8, 4) is 23.3 Å². The molecule has 42 heavy (non-hydrogen) atoms. The quantitative estimate of drug-likeness (QED) is 0.201. The summed E-state index contributed by atoms with van der Waals surface area (Å²) in [6.07, 6.45) is 4.54. The molecule has 11 nitrogen and oxygen atoms in total. The predicted octanol–water partition coefficient (Wildman–Crippen LogP) is 5.44. The van der Waals surface area contributed by atoms with Gasteiger partial charge in [-0.05, 0) is 48.5 Å². The zero-order valence-corrected chi connectivity index (χ0v) is 25.8. The molecule has 0 spiro atoms. The summed E-state index contributed by atoms with van der Waals surface area (Å²) in [7, 11) is -6.81. The lowest BCUT2D eigenvalue weighted by Crippen LogP contribution is -2.19. The molecule has 0 aliphatic rings. The Labute approximate surface area is 252 Å². The lowest BCUT2D eigenvalue weighted by molar-refractivity contribution is -0.121. The topological polar surface area (TPSA) is 155 Å². The Morgan fingerprint density at radius 3 is 1.29 bits per heavy atom. The number of hydrogen-bond acceptors (Lipinski definition) is 11. The largest absolute Gasteiger partial charge is 0.439 e. The van der Waals surface area contributed by atoms with Crippen LogP contribution in [0, 0.1) is 0 Å². The Morgan fingerprint density at radius 2 is 0.976 bits per heavy atom. The maximum Gasteiger partial charge on any atom is 0.227 e. The molecule has 4 rings (SSSR count). The maximum atomic E-state index is 13.8. The summed E-state index contributed by atoms with van der Waals surface area (Å²) < 4.78 is 58.9. The number of benzene rings is 2. The van der Waals surface area contributed by atoms with E-state index in [0.29, 0.717) is 0 Å². The Morgan fingerprint density at radius 1 is 0.643 bits per heavy atom. The molecule has 0 radical (unpaired) electrons. The molecule has 0 fully saturated rings. The van der Waals surface area contributed by atoms with Gasteiger partial charge in [0.25, 0.3) is 0 Å². The lowest BCUT2D eigenvalue weighted by atomic mass is 9.87. The minimum atomic E-state index is -3.41. The summed E-state index contributed by atoms with van der Waals surface area (Å²) in [6, 6.07) is 11.4. The molecular formula is C27H24Cl2N4O7S2. The third-order valence-electron chi connectivity index (χ3n) is 6.25. The Kier molecular flexibility index (Phi) is 9.16. The monoisotopic (exact) mass is 650 g/mol. The smallest absolute Gasteiger partial charge is 0.227 e. The van der Waals surface area contributed by atoms with E-state index in [1.807, 2.05) is 0 Å². The van der Waals surface area contributed by atoms with E-state index < -0.39 is 31.5 Å². The van der Waals surface area contributed by atoms with Gasteiger partial charge in [-0.3, -0.25) is 4.79 Å². The number of carbonyl (C=O) groups excluding carboxylic acids is 1. The van der Waals surface area contributed by atoms with Crippen LogP contribution in [-0.4, -0.2) is 55.1 Å². The Bertz CT molecular complexity index is 1720. The number of nitrogens with zero attached hydrogens (tertiary/aromatic N) is 4. The summed E-state index contributed by atoms with van der Waals surface area (Å²) in [6.45, 7) is 3.20. The highest BCUT2D eigenvalue weighted by Crippen LogP contribution is 2.40. The van der Waals surface area contributed by atoms with Gasteiger partial charge in [0, 0.05) is 24.3 Å². The molecule has 2 atom stereocenters. The summed E-state index contributed by atoms with van der Waals surface area (Å²) in [4.78, 5) is 30.3. The first-order chi connectivity index (χ1) is 19.7. The van der Waals surface area contributed by atoms with Gasteiger partial charge in [-0.25, -0.2) is 36.8 Å². The fourth-order valence-corrected chi connectivity index (χ4v) is 5.84. The Hall–Kier alpha value is -3.65. The SMILES string of the molecule is CC(C(=O)C(C)c1c(Cl)ncnc1Oc1ccc(S(C)(=O)=O)cc1)c1c(Cl)ncnc1Oc1ccc(S(C)(=O)=O)cc1. The third-order valence-corrected chi connectivity index (χ3v) is 9.11. The van der Waals surface area contributed by atoms with Gasteiger partial charge < -0.3 is 9.47 Å². The van der Waals surface area contributed by atoms with Crippen LogP contribution in [0.3, 0.4) is 0 Å².